The predicted molar refractivity (Wildman–Crippen MR) is 130 cm³/mol. The normalized spacial score (nSPS) is 21.9. The Bertz CT molecular complexity index is 983. The smallest absolute Gasteiger partial charge is 0.445 e. The van der Waals surface area contributed by atoms with E-state index in [1.807, 2.05) is 75.0 Å². The van der Waals surface area contributed by atoms with Crippen LogP contribution >= 0.6 is 0 Å². The second-order valence-corrected chi connectivity index (χ2v) is 9.80. The van der Waals surface area contributed by atoms with Crippen molar-refractivity contribution in [2.75, 3.05) is 13.2 Å². The van der Waals surface area contributed by atoms with Crippen LogP contribution in [-0.2, 0) is 25.4 Å². The van der Waals surface area contributed by atoms with E-state index in [2.05, 4.69) is 10.4 Å². The summed E-state index contributed by atoms with van der Waals surface area (Å²) >= 11 is 0. The van der Waals surface area contributed by atoms with Crippen LogP contribution in [0.4, 0.5) is 4.79 Å². The van der Waals surface area contributed by atoms with Gasteiger partial charge in [-0.2, -0.15) is 5.10 Å². The number of rotatable bonds is 7. The number of benzene rings is 1. The maximum Gasteiger partial charge on any atom is 0.492 e. The number of ether oxygens (including phenoxy) is 2. The molecule has 2 aliphatic heterocycles. The summed E-state index contributed by atoms with van der Waals surface area (Å²) in [5.41, 5.74) is 1.60. The highest BCUT2D eigenvalue weighted by molar-refractivity contribution is 6.56. The molecule has 2 fully saturated rings. The topological polar surface area (TPSA) is 83.8 Å². The molecule has 0 spiro atoms. The molecule has 0 unspecified atom stereocenters. The van der Waals surface area contributed by atoms with Gasteiger partial charge in [0.05, 0.1) is 17.4 Å². The maximum atomic E-state index is 12.4. The SMILES string of the molecule is CC1(C)OB(C(=Cc2cnn([C@@H]3CCCCO3)c2)CNC(=O)OCc2ccccc2)OC1(C)C. The van der Waals surface area contributed by atoms with E-state index in [0.717, 1.165) is 42.5 Å². The van der Waals surface area contributed by atoms with Crippen LogP contribution in [0.1, 0.15) is 64.3 Å². The third-order valence-electron chi connectivity index (χ3n) is 6.63. The van der Waals surface area contributed by atoms with E-state index in [1.54, 1.807) is 6.20 Å². The Morgan fingerprint density at radius 3 is 2.62 bits per heavy atom. The average Bonchev–Trinajstić information content (AvgIpc) is 3.37. The molecule has 2 saturated heterocycles. The first kappa shape index (κ1) is 24.5. The molecule has 34 heavy (non-hydrogen) atoms. The van der Waals surface area contributed by atoms with Crippen LogP contribution in [0.2, 0.25) is 0 Å². The van der Waals surface area contributed by atoms with Crippen LogP contribution in [0.5, 0.6) is 0 Å². The Kier molecular flexibility index (Phi) is 7.45. The molecule has 2 aliphatic rings. The van der Waals surface area contributed by atoms with Crippen LogP contribution < -0.4 is 5.32 Å². The summed E-state index contributed by atoms with van der Waals surface area (Å²) < 4.78 is 25.6. The van der Waals surface area contributed by atoms with Gasteiger partial charge in [-0.05, 0) is 58.0 Å². The van der Waals surface area contributed by atoms with Gasteiger partial charge in [-0.15, -0.1) is 0 Å². The second-order valence-electron chi connectivity index (χ2n) is 9.80. The summed E-state index contributed by atoms with van der Waals surface area (Å²) in [6.45, 7) is 9.19. The number of aromatic nitrogens is 2. The van der Waals surface area contributed by atoms with Crippen LogP contribution in [0.15, 0.2) is 48.2 Å². The summed E-state index contributed by atoms with van der Waals surface area (Å²) in [7, 11) is -0.603. The number of carbonyl (C=O) groups is 1. The van der Waals surface area contributed by atoms with Crippen molar-refractivity contribution in [1.82, 2.24) is 15.1 Å². The number of amides is 1. The zero-order chi connectivity index (χ0) is 24.2. The number of hydrogen-bond donors (Lipinski definition) is 1. The Balaban J connectivity index is 1.46. The minimum atomic E-state index is -0.603. The summed E-state index contributed by atoms with van der Waals surface area (Å²) in [6, 6.07) is 9.57. The lowest BCUT2D eigenvalue weighted by Gasteiger charge is -2.32. The van der Waals surface area contributed by atoms with Crippen LogP contribution in [0.25, 0.3) is 6.08 Å². The van der Waals surface area contributed by atoms with Gasteiger partial charge in [0.1, 0.15) is 12.8 Å². The van der Waals surface area contributed by atoms with Crippen molar-refractivity contribution >= 4 is 19.3 Å². The van der Waals surface area contributed by atoms with E-state index in [1.165, 1.54) is 0 Å². The lowest BCUT2D eigenvalue weighted by atomic mass is 9.77. The second kappa shape index (κ2) is 10.3. The Morgan fingerprint density at radius 2 is 1.94 bits per heavy atom. The van der Waals surface area contributed by atoms with Crippen molar-refractivity contribution in [3.8, 4) is 0 Å². The van der Waals surface area contributed by atoms with Gasteiger partial charge in [-0.1, -0.05) is 36.4 Å². The standard InChI is InChI=1S/C25H34BN3O5/c1-24(2)25(3,4)34-26(33-24)21(16-27-23(30)32-18-19-10-6-5-7-11-19)14-20-15-28-29(17-20)22-12-8-9-13-31-22/h5-7,10-11,14-15,17,22H,8-9,12-13,16,18H2,1-4H3,(H,27,30)/t22-/m0/s1. The third-order valence-corrected chi connectivity index (χ3v) is 6.63. The van der Waals surface area contributed by atoms with Crippen LogP contribution in [-0.4, -0.2) is 47.3 Å². The average molecular weight is 467 g/mol. The fourth-order valence-corrected chi connectivity index (χ4v) is 3.88. The van der Waals surface area contributed by atoms with E-state index in [9.17, 15) is 4.79 Å². The van der Waals surface area contributed by atoms with Crippen molar-refractivity contribution in [1.29, 1.82) is 0 Å². The fraction of sp³-hybridized carbons (Fsp3) is 0.520. The van der Waals surface area contributed by atoms with E-state index in [4.69, 9.17) is 18.8 Å². The van der Waals surface area contributed by atoms with Crippen molar-refractivity contribution in [3.05, 3.63) is 59.3 Å². The van der Waals surface area contributed by atoms with Crippen LogP contribution in [0, 0.1) is 0 Å². The molecular formula is C25H34BN3O5. The van der Waals surface area contributed by atoms with Gasteiger partial charge in [-0.25, -0.2) is 9.48 Å². The largest absolute Gasteiger partial charge is 0.492 e. The Hall–Kier alpha value is -2.62. The fourth-order valence-electron chi connectivity index (χ4n) is 3.88. The molecule has 1 amide bonds. The molecular weight excluding hydrogens is 433 g/mol. The van der Waals surface area contributed by atoms with E-state index in [0.29, 0.717) is 0 Å². The summed E-state index contributed by atoms with van der Waals surface area (Å²) in [4.78, 5) is 12.4. The quantitative estimate of drug-likeness (QED) is 0.603. The molecule has 4 rings (SSSR count). The van der Waals surface area contributed by atoms with E-state index >= 15 is 0 Å². The number of carbonyl (C=O) groups excluding carboxylic acids is 1. The molecule has 2 aromatic rings. The number of nitrogens with one attached hydrogen (secondary N) is 1. The molecule has 1 atom stereocenters. The zero-order valence-corrected chi connectivity index (χ0v) is 20.5. The molecule has 9 heteroatoms. The van der Waals surface area contributed by atoms with Gasteiger partial charge in [0.15, 0.2) is 0 Å². The van der Waals surface area contributed by atoms with Crippen LogP contribution in [0.3, 0.4) is 0 Å². The lowest BCUT2D eigenvalue weighted by Crippen LogP contribution is -2.41. The first-order valence-electron chi connectivity index (χ1n) is 11.9. The van der Waals surface area contributed by atoms with Crippen molar-refractivity contribution in [3.63, 3.8) is 0 Å². The summed E-state index contributed by atoms with van der Waals surface area (Å²) in [6.07, 6.45) is 8.31. The third kappa shape index (κ3) is 5.89. The molecule has 0 radical (unpaired) electrons. The Labute approximate surface area is 201 Å². The van der Waals surface area contributed by atoms with Gasteiger partial charge in [-0.3, -0.25) is 0 Å². The van der Waals surface area contributed by atoms with Gasteiger partial charge >= 0.3 is 13.2 Å². The molecule has 0 saturated carbocycles. The number of hydrogen-bond acceptors (Lipinski definition) is 6. The minimum Gasteiger partial charge on any atom is -0.445 e. The molecule has 0 bridgehead atoms. The van der Waals surface area contributed by atoms with Gasteiger partial charge in [0.2, 0.25) is 0 Å². The van der Waals surface area contributed by atoms with Gasteiger partial charge in [0, 0.05) is 24.9 Å². The van der Waals surface area contributed by atoms with Crippen molar-refractivity contribution in [2.45, 2.75) is 71.0 Å². The molecule has 1 N–H and O–H groups in total. The van der Waals surface area contributed by atoms with E-state index < -0.39 is 24.4 Å². The minimum absolute atomic E-state index is 0.0395. The maximum absolute atomic E-state index is 12.4. The highest BCUT2D eigenvalue weighted by Gasteiger charge is 2.52. The summed E-state index contributed by atoms with van der Waals surface area (Å²) in [5.74, 6) is 0. The highest BCUT2D eigenvalue weighted by Crippen LogP contribution is 2.38. The van der Waals surface area contributed by atoms with Gasteiger partial charge < -0.3 is 24.1 Å². The van der Waals surface area contributed by atoms with Crippen molar-refractivity contribution < 1.29 is 23.6 Å². The molecule has 1 aromatic carbocycles. The molecule has 0 aliphatic carbocycles. The van der Waals surface area contributed by atoms with E-state index in [-0.39, 0.29) is 19.4 Å². The molecule has 1 aromatic heterocycles. The Morgan fingerprint density at radius 1 is 1.21 bits per heavy atom. The zero-order valence-electron chi connectivity index (χ0n) is 20.5. The first-order chi connectivity index (χ1) is 16.2. The highest BCUT2D eigenvalue weighted by atomic mass is 16.7. The number of alkyl carbamates (subject to hydrolysis) is 1. The lowest BCUT2D eigenvalue weighted by molar-refractivity contribution is -0.0394. The van der Waals surface area contributed by atoms with Crippen molar-refractivity contribution in [2.24, 2.45) is 0 Å². The molecule has 3 heterocycles. The predicted octanol–water partition coefficient (Wildman–Crippen LogP) is 4.52. The summed E-state index contributed by atoms with van der Waals surface area (Å²) in [5, 5.41) is 7.32. The van der Waals surface area contributed by atoms with Gasteiger partial charge in [0.25, 0.3) is 0 Å². The first-order valence-corrected chi connectivity index (χ1v) is 11.9. The molecule has 182 valence electrons. The molecule has 8 nitrogen and oxygen atoms in total. The monoisotopic (exact) mass is 467 g/mol. The number of nitrogens with zero attached hydrogens (tertiary/aromatic N) is 2.